The van der Waals surface area contributed by atoms with Gasteiger partial charge in [-0.15, -0.1) is 17.8 Å². The maximum absolute atomic E-state index is 14.1. The van der Waals surface area contributed by atoms with Crippen molar-refractivity contribution in [2.75, 3.05) is 6.54 Å². The molecule has 2 aliphatic carbocycles. The van der Waals surface area contributed by atoms with Crippen molar-refractivity contribution in [3.05, 3.63) is 74.8 Å². The Labute approximate surface area is 266 Å². The molecule has 4 heterocycles. The fourth-order valence-corrected chi connectivity index (χ4v) is 10.0. The minimum atomic E-state index is -3.85. The third-order valence-electron chi connectivity index (χ3n) is 9.43. The van der Waals surface area contributed by atoms with Crippen LogP contribution in [0.4, 0.5) is 13.2 Å². The van der Waals surface area contributed by atoms with Crippen molar-refractivity contribution < 1.29 is 26.7 Å². The van der Waals surface area contributed by atoms with Gasteiger partial charge < -0.3 is 10.0 Å². The molecule has 7 rings (SSSR count). The maximum atomic E-state index is 14.1. The van der Waals surface area contributed by atoms with Crippen molar-refractivity contribution >= 4 is 44.4 Å². The Morgan fingerprint density at radius 2 is 1.98 bits per heavy atom. The molecule has 2 aromatic heterocycles. The van der Waals surface area contributed by atoms with Gasteiger partial charge in [-0.1, -0.05) is 23.6 Å². The number of fused-ring (bicyclic) bond motifs is 3. The van der Waals surface area contributed by atoms with Gasteiger partial charge in [0.25, 0.3) is 0 Å². The molecule has 1 aromatic carbocycles. The molecule has 4 aliphatic rings. The first-order valence-corrected chi connectivity index (χ1v) is 17.3. The minimum Gasteiger partial charge on any atom is -0.377 e. The Hall–Kier alpha value is -3.22. The predicted molar refractivity (Wildman–Crippen MR) is 163 cm³/mol. The molecule has 2 saturated carbocycles. The van der Waals surface area contributed by atoms with Crippen LogP contribution in [-0.4, -0.2) is 62.5 Å². The number of hydrogen-bond donors (Lipinski definition) is 2. The van der Waals surface area contributed by atoms with Crippen LogP contribution in [0, 0.1) is 30.0 Å². The first-order valence-electron chi connectivity index (χ1n) is 14.5. The van der Waals surface area contributed by atoms with Gasteiger partial charge in [0, 0.05) is 70.5 Å². The molecule has 3 unspecified atom stereocenters. The number of alkyl halides is 2. The van der Waals surface area contributed by atoms with Crippen molar-refractivity contribution in [3.8, 4) is 12.3 Å². The zero-order chi connectivity index (χ0) is 31.7. The number of nitrogens with zero attached hydrogens (tertiary/aromatic N) is 5. The molecule has 3 fully saturated rings. The molecule has 2 bridgehead atoms. The number of hydrogen-bond acceptors (Lipinski definition) is 8. The highest BCUT2D eigenvalue weighted by Crippen LogP contribution is 2.51. The van der Waals surface area contributed by atoms with Gasteiger partial charge in [-0.25, -0.2) is 27.2 Å². The summed E-state index contributed by atoms with van der Waals surface area (Å²) in [6.45, 7) is -2.68. The molecule has 1 saturated heterocycles. The van der Waals surface area contributed by atoms with E-state index < -0.39 is 45.3 Å². The van der Waals surface area contributed by atoms with E-state index in [1.165, 1.54) is 29.5 Å². The summed E-state index contributed by atoms with van der Waals surface area (Å²) in [6.07, 6.45) is 10.5. The Bertz CT molecular complexity index is 1840. The van der Waals surface area contributed by atoms with Crippen molar-refractivity contribution in [3.63, 3.8) is 0 Å². The van der Waals surface area contributed by atoms with Crippen LogP contribution in [0.5, 0.6) is 0 Å². The van der Waals surface area contributed by atoms with E-state index in [1.807, 2.05) is 4.90 Å². The molecule has 15 heteroatoms. The van der Waals surface area contributed by atoms with E-state index >= 15 is 0 Å². The van der Waals surface area contributed by atoms with Crippen molar-refractivity contribution in [2.24, 2.45) is 16.8 Å². The Kier molecular flexibility index (Phi) is 7.60. The number of terminal acetylenes is 1. The molecule has 6 atom stereocenters. The molecule has 0 spiro atoms. The van der Waals surface area contributed by atoms with Crippen molar-refractivity contribution in [2.45, 2.75) is 61.6 Å². The Morgan fingerprint density at radius 3 is 2.60 bits per heavy atom. The van der Waals surface area contributed by atoms with Gasteiger partial charge in [0.1, 0.15) is 17.5 Å². The normalized spacial score (nSPS) is 29.7. The molecule has 0 radical (unpaired) electrons. The highest BCUT2D eigenvalue weighted by molar-refractivity contribution is 7.90. The lowest BCUT2D eigenvalue weighted by atomic mass is 9.75. The van der Waals surface area contributed by atoms with E-state index in [0.717, 1.165) is 12.3 Å². The number of rotatable bonds is 7. The lowest BCUT2D eigenvalue weighted by Gasteiger charge is -2.39. The lowest BCUT2D eigenvalue weighted by Crippen LogP contribution is -2.51. The molecule has 2 aliphatic heterocycles. The quantitative estimate of drug-likeness (QED) is 0.341. The van der Waals surface area contributed by atoms with Gasteiger partial charge in [-0.2, -0.15) is 13.9 Å². The number of aliphatic hydroxyl groups is 1. The number of aliphatic imine (C=N–C) groups is 1. The smallest absolute Gasteiger partial charge is 0.333 e. The maximum Gasteiger partial charge on any atom is 0.333 e. The standard InChI is InChI=1S/C30H28ClF3N6O3S2/c1-2-30(41)16-3-4-17(30)12-20(11-16)45(42,43)38-19-14-24-25(23-7-9-40(37-23)29(33)34)26(21-6-5-18(32)13-22(21)31)36-27(39(24)15-19)28-35-8-10-44-28/h1,5-10,13,16-17,19-20,26,29,38,41H,3-4,11-12,14-15H2/t16-,17?,19-,20?,26-,30?/m0/s1. The number of benzene rings is 1. The van der Waals surface area contributed by atoms with Crippen LogP contribution in [0.15, 0.2) is 52.7 Å². The van der Waals surface area contributed by atoms with Crippen molar-refractivity contribution in [1.29, 1.82) is 0 Å². The van der Waals surface area contributed by atoms with Crippen LogP contribution in [0.25, 0.3) is 5.57 Å². The molecule has 0 amide bonds. The number of halogens is 4. The van der Waals surface area contributed by atoms with Crippen LogP contribution < -0.4 is 4.72 Å². The molecule has 2 N–H and O–H groups in total. The molecular formula is C30H28ClF3N6O3S2. The van der Waals surface area contributed by atoms with Crippen LogP contribution in [-0.2, 0) is 10.0 Å². The summed E-state index contributed by atoms with van der Waals surface area (Å²) in [6, 6.07) is 3.88. The van der Waals surface area contributed by atoms with Crippen LogP contribution in [0.3, 0.4) is 0 Å². The summed E-state index contributed by atoms with van der Waals surface area (Å²) in [4.78, 5) is 11.3. The van der Waals surface area contributed by atoms with E-state index in [-0.39, 0.29) is 48.4 Å². The number of thiazole rings is 1. The number of sulfonamides is 1. The monoisotopic (exact) mass is 676 g/mol. The second-order valence-corrected chi connectivity index (χ2v) is 15.2. The van der Waals surface area contributed by atoms with Gasteiger partial charge in [-0.3, -0.25) is 4.99 Å². The fourth-order valence-electron chi connectivity index (χ4n) is 7.35. The second kappa shape index (κ2) is 11.2. The molecule has 45 heavy (non-hydrogen) atoms. The van der Waals surface area contributed by atoms with E-state index in [2.05, 4.69) is 20.7 Å². The average molecular weight is 677 g/mol. The number of amidine groups is 1. The summed E-state index contributed by atoms with van der Waals surface area (Å²) < 4.78 is 72.3. The Balaban J connectivity index is 1.28. The number of nitrogens with one attached hydrogen (secondary N) is 1. The summed E-state index contributed by atoms with van der Waals surface area (Å²) >= 11 is 7.86. The largest absolute Gasteiger partial charge is 0.377 e. The van der Waals surface area contributed by atoms with E-state index in [4.69, 9.17) is 23.0 Å². The Morgan fingerprint density at radius 1 is 1.22 bits per heavy atom. The van der Waals surface area contributed by atoms with E-state index in [0.29, 0.717) is 45.2 Å². The zero-order valence-corrected chi connectivity index (χ0v) is 26.0. The SMILES string of the molecule is C#CC1(O)C2CC[C@H]1CC(S(=O)(=O)N[C@H]1CC3=C(c4ccn(C(F)F)n4)[C@H](c4ccc(F)cc4Cl)N=C(c4nccs4)N3C1)C2. The van der Waals surface area contributed by atoms with Crippen LogP contribution >= 0.6 is 22.9 Å². The second-order valence-electron chi connectivity index (χ2n) is 11.9. The van der Waals surface area contributed by atoms with Crippen LogP contribution in [0.1, 0.15) is 61.0 Å². The van der Waals surface area contributed by atoms with Gasteiger partial charge in [-0.05, 0) is 43.9 Å². The van der Waals surface area contributed by atoms with Crippen molar-refractivity contribution in [1.82, 2.24) is 24.4 Å². The highest BCUT2D eigenvalue weighted by atomic mass is 35.5. The molecule has 236 valence electrons. The zero-order valence-electron chi connectivity index (χ0n) is 23.7. The third-order valence-corrected chi connectivity index (χ3v) is 12.4. The van der Waals surface area contributed by atoms with Gasteiger partial charge in [0.15, 0.2) is 10.8 Å². The van der Waals surface area contributed by atoms with Gasteiger partial charge in [0.05, 0.1) is 10.9 Å². The van der Waals surface area contributed by atoms with E-state index in [9.17, 15) is 26.7 Å². The van der Waals surface area contributed by atoms with Crippen LogP contribution in [0.2, 0.25) is 5.02 Å². The third kappa shape index (κ3) is 5.18. The summed E-state index contributed by atoms with van der Waals surface area (Å²) in [7, 11) is -3.85. The highest BCUT2D eigenvalue weighted by Gasteiger charge is 2.55. The fraction of sp³-hybridized carbons (Fsp3) is 0.433. The molecular weight excluding hydrogens is 649 g/mol. The number of aromatic nitrogens is 3. The summed E-state index contributed by atoms with van der Waals surface area (Å²) in [5, 5.41) is 16.8. The summed E-state index contributed by atoms with van der Waals surface area (Å²) in [5.74, 6) is 1.85. The predicted octanol–water partition coefficient (Wildman–Crippen LogP) is 4.99. The first kappa shape index (κ1) is 30.4. The van der Waals surface area contributed by atoms with Gasteiger partial charge >= 0.3 is 6.55 Å². The molecule has 9 nitrogen and oxygen atoms in total. The summed E-state index contributed by atoms with van der Waals surface area (Å²) in [5.41, 5.74) is 0.446. The molecule has 3 aromatic rings. The topological polar surface area (TPSA) is 113 Å². The minimum absolute atomic E-state index is 0.0937. The lowest BCUT2D eigenvalue weighted by molar-refractivity contribution is -0.00503. The first-order chi connectivity index (χ1) is 21.5. The van der Waals surface area contributed by atoms with E-state index in [1.54, 1.807) is 11.6 Å². The van der Waals surface area contributed by atoms with Gasteiger partial charge in [0.2, 0.25) is 10.0 Å². The average Bonchev–Trinajstić information content (AvgIpc) is 3.79.